The fraction of sp³-hybridized carbons (Fsp3) is 0.597. The molecule has 0 atom stereocenters. The summed E-state index contributed by atoms with van der Waals surface area (Å²) < 4.78 is 201. The van der Waals surface area contributed by atoms with Gasteiger partial charge in [-0.1, -0.05) is 0 Å². The Morgan fingerprint density at radius 2 is 1.01 bits per heavy atom. The molecule has 13 rings (SSSR count). The molecule has 0 aromatic carbocycles. The van der Waals surface area contributed by atoms with Crippen LogP contribution < -0.4 is 65.7 Å². The summed E-state index contributed by atoms with van der Waals surface area (Å²) in [7, 11) is 2.39. The predicted molar refractivity (Wildman–Crippen MR) is 436 cm³/mol. The van der Waals surface area contributed by atoms with Crippen LogP contribution in [0.25, 0.3) is 30.6 Å². The highest BCUT2D eigenvalue weighted by Gasteiger charge is 2.51. The summed E-state index contributed by atoms with van der Waals surface area (Å²) >= 11 is 8.24. The Balaban J connectivity index is 0.000000262. The topological polar surface area (TPSA) is 466 Å². The second-order valence-electron chi connectivity index (χ2n) is 31.2. The molecule has 2 amide bonds. The maximum absolute atomic E-state index is 12.8. The van der Waals surface area contributed by atoms with Crippen LogP contribution in [0.15, 0.2) is 29.1 Å². The molecule has 3 saturated heterocycles. The molecule has 10 heterocycles. The van der Waals surface area contributed by atoms with E-state index >= 15 is 0 Å². The van der Waals surface area contributed by atoms with Crippen LogP contribution >= 0.6 is 69.4 Å². The number of anilines is 6. The Morgan fingerprint density at radius 3 is 1.34 bits per heavy atom. The van der Waals surface area contributed by atoms with Crippen molar-refractivity contribution >= 4 is 170 Å². The number of aromatic amines is 1. The van der Waals surface area contributed by atoms with Gasteiger partial charge in [0.05, 0.1) is 74.1 Å². The molecule has 0 bridgehead atoms. The molecule has 7 aromatic rings. The summed E-state index contributed by atoms with van der Waals surface area (Å²) in [5, 5.41) is 24.2. The summed E-state index contributed by atoms with van der Waals surface area (Å²) in [5.74, 6) is 0.0933. The standard InChI is InChI=1S/C20H26F3N5O2S.C15H18F3N5S.C12H22N2O2.C8H6F3N3OS.C8H8F3NO2S.C4H5F3O.C4H5NO2.CH3ClN2.ClH/c1-18(2,3)30-17(29)25-11-7-19(8-11)4-5-28(10-19)14-13-6-12(9-20(21,22)23)31-15(13)27-16(24)26-14;16-15(17,18)6-9-3-10-11(21-13(20)22-12(10)24-9)23-2-1-14(7-23)4-8(19)5-14;1-11(2,3)16-10(15)14-9-6-12(7-9)4-5-13-8-12;9-8(10,11)2-3-1-4-5(15)13-7(12)14-6(4)16-3;1-14-7(13)5-2-4(15-6(5)12)3-8(9,10)11;5-4(6,7)2-1-3-8;1-7-4(6)2-3-5;2-1(3)4;/h6,11H,4-5,7-10H2,1-3H3,(H,25,29)(H2,24,26,27);3,8H,1-2,4-7,19H2,(H2,20,21,22);9,13H,4-8H2,1-3H3,(H,14,15);1H,2H2,(H3,12,13,14,15);2H,3,12H2,1H3;3H,1-2H2;2H2,1H3;(H3,3,4);1H. The van der Waals surface area contributed by atoms with E-state index in [1.165, 1.54) is 25.7 Å². The Labute approximate surface area is 715 Å². The number of hydrogen-bond donors (Lipinski definition) is 11. The highest BCUT2D eigenvalue weighted by atomic mass is 35.5. The van der Waals surface area contributed by atoms with Crippen LogP contribution in [0, 0.1) is 33.0 Å². The molecule has 122 heavy (non-hydrogen) atoms. The van der Waals surface area contributed by atoms with Crippen molar-refractivity contribution in [3.63, 3.8) is 0 Å². The van der Waals surface area contributed by atoms with Crippen molar-refractivity contribution in [2.45, 2.75) is 204 Å². The van der Waals surface area contributed by atoms with Crippen LogP contribution in [-0.4, -0.2) is 179 Å². The van der Waals surface area contributed by atoms with E-state index in [-0.39, 0.29) is 118 Å². The monoisotopic (exact) mass is 1870 g/mol. The lowest BCUT2D eigenvalue weighted by Crippen LogP contribution is -2.52. The lowest BCUT2D eigenvalue weighted by atomic mass is 9.65. The van der Waals surface area contributed by atoms with Crippen LogP contribution in [0.1, 0.15) is 148 Å². The number of alkyl carbamates (subject to hydrolysis) is 2. The van der Waals surface area contributed by atoms with Crippen molar-refractivity contribution in [3.05, 3.63) is 59.7 Å². The number of aromatic nitrogens is 6. The van der Waals surface area contributed by atoms with Gasteiger partial charge in [-0.25, -0.2) is 29.3 Å². The van der Waals surface area contributed by atoms with Gasteiger partial charge < -0.3 is 83.9 Å². The molecule has 7 aromatic heterocycles. The van der Waals surface area contributed by atoms with E-state index in [2.05, 4.69) is 82.5 Å². The van der Waals surface area contributed by atoms with Gasteiger partial charge in [0.15, 0.2) is 5.29 Å². The molecule has 6 aliphatic rings. The minimum absolute atomic E-state index is 0. The number of nitrogen functional groups attached to an aromatic ring is 4. The first-order chi connectivity index (χ1) is 55.7. The van der Waals surface area contributed by atoms with E-state index < -0.39 is 104 Å². The van der Waals surface area contributed by atoms with Gasteiger partial charge in [-0.15, -0.1) is 57.8 Å². The zero-order valence-corrected chi connectivity index (χ0v) is 71.7. The van der Waals surface area contributed by atoms with Crippen molar-refractivity contribution in [2.24, 2.45) is 27.7 Å². The molecule has 0 radical (unpaired) electrons. The number of nitrogens with zero attached hydrogens (tertiary/aromatic N) is 8. The number of nitriles is 1. The molecule has 3 aliphatic heterocycles. The number of aldehydes is 1. The lowest BCUT2D eigenvalue weighted by molar-refractivity contribution is -0.139. The van der Waals surface area contributed by atoms with E-state index in [0.717, 1.165) is 149 Å². The maximum Gasteiger partial charge on any atom is 0.407 e. The number of nitrogens with one attached hydrogen (secondary N) is 5. The Morgan fingerprint density at radius 1 is 0.615 bits per heavy atom. The number of halogens is 17. The summed E-state index contributed by atoms with van der Waals surface area (Å²) in [6.07, 6.45) is -18.4. The fourth-order valence-corrected chi connectivity index (χ4v) is 18.0. The van der Waals surface area contributed by atoms with Gasteiger partial charge in [0, 0.05) is 76.8 Å². The minimum atomic E-state index is -4.30. The third kappa shape index (κ3) is 34.2. The van der Waals surface area contributed by atoms with Crippen molar-refractivity contribution < 1.29 is 109 Å². The molecule has 3 saturated carbocycles. The van der Waals surface area contributed by atoms with Crippen molar-refractivity contribution in [1.29, 1.82) is 10.7 Å². The highest BCUT2D eigenvalue weighted by molar-refractivity contribution is 7.19. The third-order valence-corrected chi connectivity index (χ3v) is 22.5. The van der Waals surface area contributed by atoms with E-state index in [1.54, 1.807) is 12.1 Å². The second kappa shape index (κ2) is 42.6. The average molecular weight is 1870 g/mol. The summed E-state index contributed by atoms with van der Waals surface area (Å²) in [6, 6.07) is 7.67. The van der Waals surface area contributed by atoms with Gasteiger partial charge in [0.1, 0.15) is 55.0 Å². The van der Waals surface area contributed by atoms with Gasteiger partial charge in [0.2, 0.25) is 17.8 Å². The second-order valence-corrected chi connectivity index (χ2v) is 36.1. The number of fused-ring (bicyclic) bond motifs is 3. The molecule has 17 N–H and O–H groups in total. The van der Waals surface area contributed by atoms with Gasteiger partial charge in [-0.05, 0) is 158 Å². The Kier molecular flexibility index (Phi) is 36.1. The number of esters is 2. The van der Waals surface area contributed by atoms with Crippen LogP contribution in [0.4, 0.5) is 110 Å². The number of nitrogens with two attached hydrogens (primary N) is 6. The number of rotatable bonds is 12. The summed E-state index contributed by atoms with van der Waals surface area (Å²) in [6.45, 7) is 16.5. The van der Waals surface area contributed by atoms with E-state index in [0.29, 0.717) is 43.5 Å². The van der Waals surface area contributed by atoms with E-state index in [1.807, 2.05) is 41.5 Å². The molecule has 0 unspecified atom stereocenters. The third-order valence-electron chi connectivity index (χ3n) is 18.4. The SMILES string of the molecule is CC(C)(C)OC(=O)NC1CC2(CCN(c3nc(N)nc4sc(CC(F)(F)F)cc34)C2)C1.CC(C)(C)OC(=O)NC1CC2(CCNC2)C1.COC(=O)CC#N.COC(=O)c1cc(CC(F)(F)F)sc1N.Cl.N=C(N)Cl.Nc1nc(N2CCC3(CC(N)C3)C2)c2cc(CC(F)(F)F)sc2n1.Nc1nc2sc(CC(F)(F)F)cc2c(=O)[nH]1.O=CCCC(F)(F)F. The molecule has 29 nitrogen and oxygen atoms in total. The lowest BCUT2D eigenvalue weighted by Gasteiger charge is -2.45. The van der Waals surface area contributed by atoms with E-state index in [9.17, 15) is 94.6 Å². The quantitative estimate of drug-likeness (QED) is 0.0103. The first kappa shape index (κ1) is 104. The number of carbonyl (C=O) groups is 5. The van der Waals surface area contributed by atoms with E-state index in [4.69, 9.17) is 48.8 Å². The Hall–Kier alpha value is -9.02. The molecular formula is C72H94Cl2F15N19O10S4. The fourth-order valence-electron chi connectivity index (χ4n) is 13.9. The molecule has 50 heteroatoms. The number of alkyl halides is 15. The van der Waals surface area contributed by atoms with Gasteiger partial charge in [-0.3, -0.25) is 20.0 Å². The minimum Gasteiger partial charge on any atom is -0.468 e. The van der Waals surface area contributed by atoms with Crippen LogP contribution in [0.2, 0.25) is 0 Å². The number of methoxy groups -OCH3 is 2. The number of thiophene rings is 4. The molecule has 680 valence electrons. The summed E-state index contributed by atoms with van der Waals surface area (Å²) in [5.41, 5.74) is 32.0. The van der Waals surface area contributed by atoms with Crippen molar-refractivity contribution in [1.82, 2.24) is 45.9 Å². The first-order valence-electron chi connectivity index (χ1n) is 36.7. The number of hydrogen-bond acceptors (Lipinski definition) is 29. The molecule has 6 fully saturated rings. The van der Waals surface area contributed by atoms with Crippen LogP contribution in [0.5, 0.6) is 0 Å². The zero-order chi connectivity index (χ0) is 91.0. The predicted octanol–water partition coefficient (Wildman–Crippen LogP) is 14.6. The van der Waals surface area contributed by atoms with Crippen LogP contribution in [0.3, 0.4) is 0 Å². The normalized spacial score (nSPS) is 20.2. The van der Waals surface area contributed by atoms with Crippen molar-refractivity contribution in [2.75, 3.05) is 86.2 Å². The first-order valence-corrected chi connectivity index (χ1v) is 40.4. The van der Waals surface area contributed by atoms with Gasteiger partial charge in [-0.2, -0.15) is 81.1 Å². The highest BCUT2D eigenvalue weighted by Crippen LogP contribution is 2.52. The van der Waals surface area contributed by atoms with Gasteiger partial charge >= 0.3 is 55.0 Å². The zero-order valence-electron chi connectivity index (χ0n) is 66.9. The van der Waals surface area contributed by atoms with Gasteiger partial charge in [0.25, 0.3) is 5.56 Å². The smallest absolute Gasteiger partial charge is 0.407 e. The number of ether oxygens (including phenoxy) is 4. The molecule has 3 aliphatic carbocycles. The summed E-state index contributed by atoms with van der Waals surface area (Å²) in [4.78, 5) is 94.0. The number of amidine groups is 1. The number of H-pyrrole nitrogens is 1. The van der Waals surface area contributed by atoms with Crippen LogP contribution in [-0.2, 0) is 54.2 Å². The molecule has 3 spiro atoms. The maximum atomic E-state index is 12.8. The molecular weight excluding hydrogens is 1780 g/mol. The van der Waals surface area contributed by atoms with Crippen molar-refractivity contribution in [3.8, 4) is 6.07 Å². The Bertz CT molecular complexity index is 4800. The number of amides is 2. The largest absolute Gasteiger partial charge is 0.468 e. The number of carbonyl (C=O) groups excluding carboxylic acids is 5. The average Bonchev–Trinajstić information content (AvgIpc) is 1.60.